The van der Waals surface area contributed by atoms with Gasteiger partial charge in [0, 0.05) is 4.75 Å². The Morgan fingerprint density at radius 3 is 1.18 bits per heavy atom. The third kappa shape index (κ3) is 4.82. The smallest absolute Gasteiger partial charge is 0.173 e. The van der Waals surface area contributed by atoms with Gasteiger partial charge in [-0.05, 0) is 30.1 Å². The summed E-state index contributed by atoms with van der Waals surface area (Å²) >= 11 is 4.64. The zero-order valence-corrected chi connectivity index (χ0v) is 16.5. The normalized spacial score (nSPS) is 21.8. The van der Waals surface area contributed by atoms with E-state index in [4.69, 9.17) is 0 Å². The number of hydrogen-bond donors (Lipinski definition) is 1. The van der Waals surface area contributed by atoms with Gasteiger partial charge in [0.1, 0.15) is 0 Å². The topological polar surface area (TPSA) is 0 Å². The second-order valence-electron chi connectivity index (χ2n) is 8.41. The van der Waals surface area contributed by atoms with Gasteiger partial charge in [-0.3, -0.25) is 0 Å². The fourth-order valence-corrected chi connectivity index (χ4v) is 4.12. The molecule has 0 aliphatic carbocycles. The highest BCUT2D eigenvalue weighted by Gasteiger charge is 2.56. The molecule has 3 unspecified atom stereocenters. The molecule has 4 heteroatoms. The fraction of sp³-hybridized carbons (Fsp3) is 1.00. The molecule has 0 radical (unpaired) electrons. The van der Waals surface area contributed by atoms with Crippen LogP contribution in [0.1, 0.15) is 87.5 Å². The lowest BCUT2D eigenvalue weighted by atomic mass is 9.54. The van der Waals surface area contributed by atoms with E-state index in [9.17, 15) is 13.2 Å². The predicted octanol–water partition coefficient (Wildman–Crippen LogP) is 7.29. The Morgan fingerprint density at radius 1 is 0.636 bits per heavy atom. The lowest BCUT2D eigenvalue weighted by molar-refractivity contribution is -0.235. The van der Waals surface area contributed by atoms with Crippen LogP contribution >= 0.6 is 12.6 Å². The maximum atomic E-state index is 13.6. The third-order valence-electron chi connectivity index (χ3n) is 6.09. The van der Waals surface area contributed by atoms with E-state index >= 15 is 0 Å². The minimum absolute atomic E-state index is 0.121. The Hall–Kier alpha value is 0.140. The molecular formula is C18H35F3S. The van der Waals surface area contributed by atoms with E-state index in [0.29, 0.717) is 0 Å². The van der Waals surface area contributed by atoms with Crippen molar-refractivity contribution in [2.75, 3.05) is 0 Å². The standard InChI is InChI=1S/C18H35F3S/c1-9-15(6,12-14(4,5)22)16(7,10-2)13-17(8,11-3)18(19,20)21/h22H,9-13H2,1-8H3. The minimum atomic E-state index is -4.16. The molecule has 0 aromatic carbocycles. The molecule has 0 nitrogen and oxygen atoms in total. The van der Waals surface area contributed by atoms with Crippen LogP contribution in [0.25, 0.3) is 0 Å². The molecule has 0 saturated heterocycles. The lowest BCUT2D eigenvalue weighted by Gasteiger charge is -2.52. The van der Waals surface area contributed by atoms with E-state index in [1.165, 1.54) is 6.92 Å². The van der Waals surface area contributed by atoms with Crippen LogP contribution in [0, 0.1) is 16.2 Å². The molecule has 0 bridgehead atoms. The highest BCUT2D eigenvalue weighted by atomic mass is 32.1. The Labute approximate surface area is 141 Å². The molecule has 22 heavy (non-hydrogen) atoms. The lowest BCUT2D eigenvalue weighted by Crippen LogP contribution is -2.47. The summed E-state index contributed by atoms with van der Waals surface area (Å²) in [6, 6.07) is 0. The van der Waals surface area contributed by atoms with Gasteiger partial charge in [0.05, 0.1) is 5.41 Å². The van der Waals surface area contributed by atoms with Crippen LogP contribution in [0.3, 0.4) is 0 Å². The summed E-state index contributed by atoms with van der Waals surface area (Å²) < 4.78 is 40.6. The van der Waals surface area contributed by atoms with E-state index in [1.54, 1.807) is 6.92 Å². The minimum Gasteiger partial charge on any atom is -0.173 e. The van der Waals surface area contributed by atoms with Gasteiger partial charge in [-0.1, -0.05) is 68.2 Å². The second-order valence-corrected chi connectivity index (χ2v) is 9.62. The van der Waals surface area contributed by atoms with Crippen molar-refractivity contribution in [3.05, 3.63) is 0 Å². The summed E-state index contributed by atoms with van der Waals surface area (Å²) in [5.41, 5.74) is -2.17. The zero-order valence-electron chi connectivity index (χ0n) is 15.6. The molecule has 3 atom stereocenters. The summed E-state index contributed by atoms with van der Waals surface area (Å²) in [5.74, 6) is 0. The largest absolute Gasteiger partial charge is 0.394 e. The summed E-state index contributed by atoms with van der Waals surface area (Å²) in [7, 11) is 0. The van der Waals surface area contributed by atoms with E-state index in [0.717, 1.165) is 19.3 Å². The van der Waals surface area contributed by atoms with Gasteiger partial charge in [0.25, 0.3) is 0 Å². The predicted molar refractivity (Wildman–Crippen MR) is 93.5 cm³/mol. The highest BCUT2D eigenvalue weighted by molar-refractivity contribution is 7.81. The van der Waals surface area contributed by atoms with Crippen LogP contribution < -0.4 is 0 Å². The first-order valence-electron chi connectivity index (χ1n) is 8.39. The molecule has 0 aromatic rings. The van der Waals surface area contributed by atoms with Crippen LogP contribution in [0.15, 0.2) is 0 Å². The number of hydrogen-bond acceptors (Lipinski definition) is 1. The third-order valence-corrected chi connectivity index (χ3v) is 6.24. The van der Waals surface area contributed by atoms with Crippen molar-refractivity contribution in [2.45, 2.75) is 98.4 Å². The number of rotatable bonds is 8. The molecule has 0 rings (SSSR count). The quantitative estimate of drug-likeness (QED) is 0.441. The van der Waals surface area contributed by atoms with E-state index < -0.39 is 11.6 Å². The average molecular weight is 341 g/mol. The van der Waals surface area contributed by atoms with Crippen molar-refractivity contribution in [1.82, 2.24) is 0 Å². The average Bonchev–Trinajstić information content (AvgIpc) is 2.34. The van der Waals surface area contributed by atoms with Crippen molar-refractivity contribution in [3.8, 4) is 0 Å². The molecule has 0 N–H and O–H groups in total. The van der Waals surface area contributed by atoms with Crippen LogP contribution in [-0.4, -0.2) is 10.9 Å². The molecule has 0 saturated carbocycles. The summed E-state index contributed by atoms with van der Waals surface area (Å²) in [6.07, 6.45) is -1.46. The molecule has 134 valence electrons. The molecule has 0 aliphatic heterocycles. The Morgan fingerprint density at radius 2 is 0.955 bits per heavy atom. The first-order valence-corrected chi connectivity index (χ1v) is 8.83. The summed E-state index contributed by atoms with van der Waals surface area (Å²) in [6.45, 7) is 15.4. The molecule has 0 aromatic heterocycles. The van der Waals surface area contributed by atoms with Crippen LogP contribution in [0.4, 0.5) is 13.2 Å². The van der Waals surface area contributed by atoms with Gasteiger partial charge in [0.2, 0.25) is 0 Å². The van der Waals surface area contributed by atoms with Crippen molar-refractivity contribution < 1.29 is 13.2 Å². The van der Waals surface area contributed by atoms with Crippen molar-refractivity contribution in [2.24, 2.45) is 16.2 Å². The van der Waals surface area contributed by atoms with E-state index in [-0.39, 0.29) is 28.4 Å². The maximum Gasteiger partial charge on any atom is 0.394 e. The first-order chi connectivity index (χ1) is 9.60. The van der Waals surface area contributed by atoms with E-state index in [2.05, 4.69) is 26.5 Å². The number of alkyl halides is 3. The van der Waals surface area contributed by atoms with Crippen molar-refractivity contribution in [1.29, 1.82) is 0 Å². The van der Waals surface area contributed by atoms with Crippen LogP contribution in [0.5, 0.6) is 0 Å². The highest BCUT2D eigenvalue weighted by Crippen LogP contribution is 2.58. The Bertz CT molecular complexity index is 358. The maximum absolute atomic E-state index is 13.6. The summed E-state index contributed by atoms with van der Waals surface area (Å²) in [4.78, 5) is 0. The molecule has 0 fully saturated rings. The zero-order chi connectivity index (χ0) is 18.0. The molecule has 0 amide bonds. The first kappa shape index (κ1) is 22.1. The van der Waals surface area contributed by atoms with Gasteiger partial charge >= 0.3 is 6.18 Å². The SMILES string of the molecule is CCC(C)(CC(C)(CC)C(C)(CC)CC(C)(C)S)C(F)(F)F. The monoisotopic (exact) mass is 340 g/mol. The van der Waals surface area contributed by atoms with Crippen LogP contribution in [-0.2, 0) is 0 Å². The second kappa shape index (κ2) is 6.94. The molecule has 0 aliphatic rings. The van der Waals surface area contributed by atoms with Crippen molar-refractivity contribution >= 4 is 12.6 Å². The number of halogens is 3. The fourth-order valence-electron chi connectivity index (χ4n) is 3.77. The summed E-state index contributed by atoms with van der Waals surface area (Å²) in [5, 5.41) is 0. The molecular weight excluding hydrogens is 305 g/mol. The van der Waals surface area contributed by atoms with Gasteiger partial charge in [-0.2, -0.15) is 25.8 Å². The van der Waals surface area contributed by atoms with Gasteiger partial charge in [0.15, 0.2) is 0 Å². The molecule has 0 spiro atoms. The van der Waals surface area contributed by atoms with Crippen LogP contribution in [0.2, 0.25) is 0 Å². The van der Waals surface area contributed by atoms with Crippen molar-refractivity contribution in [3.63, 3.8) is 0 Å². The van der Waals surface area contributed by atoms with Gasteiger partial charge < -0.3 is 0 Å². The van der Waals surface area contributed by atoms with Gasteiger partial charge in [-0.25, -0.2) is 0 Å². The van der Waals surface area contributed by atoms with E-state index in [1.807, 2.05) is 27.7 Å². The Balaban J connectivity index is 5.75. The Kier molecular flexibility index (Phi) is 6.99. The van der Waals surface area contributed by atoms with Gasteiger partial charge in [-0.15, -0.1) is 0 Å². The molecule has 0 heterocycles. The number of thiol groups is 1.